The Morgan fingerprint density at radius 2 is 1.96 bits per heavy atom. The Bertz CT molecular complexity index is 640. The molecular weight excluding hydrogens is 300 g/mol. The maximum absolute atomic E-state index is 5.75. The molecule has 0 aromatic carbocycles. The first-order valence-corrected chi connectivity index (χ1v) is 8.92. The van der Waals surface area contributed by atoms with Gasteiger partial charge in [0.05, 0.1) is 6.54 Å². The fourth-order valence-electron chi connectivity index (χ4n) is 3.14. The maximum atomic E-state index is 5.75. The summed E-state index contributed by atoms with van der Waals surface area (Å²) in [7, 11) is 2.19. The molecule has 0 spiro atoms. The van der Waals surface area contributed by atoms with E-state index < -0.39 is 0 Å². The van der Waals surface area contributed by atoms with E-state index in [2.05, 4.69) is 52.3 Å². The Morgan fingerprint density at radius 1 is 1.08 bits per heavy atom. The van der Waals surface area contributed by atoms with E-state index in [-0.39, 0.29) is 0 Å². The molecule has 0 amide bonds. The minimum atomic E-state index is 0.747. The van der Waals surface area contributed by atoms with Gasteiger partial charge in [0.1, 0.15) is 17.3 Å². The van der Waals surface area contributed by atoms with E-state index in [9.17, 15) is 0 Å². The number of hydrogen-bond donors (Lipinski definition) is 1. The third-order valence-corrected chi connectivity index (χ3v) is 4.57. The third-order valence-electron chi connectivity index (χ3n) is 4.57. The topological polar surface area (TPSA) is 44.5 Å². The lowest BCUT2D eigenvalue weighted by molar-refractivity contribution is 0.360. The first-order valence-electron chi connectivity index (χ1n) is 8.92. The highest BCUT2D eigenvalue weighted by Crippen LogP contribution is 2.19. The lowest BCUT2D eigenvalue weighted by Gasteiger charge is -2.24. The number of aryl methyl sites for hydroxylation is 1. The molecule has 3 heterocycles. The zero-order chi connectivity index (χ0) is 16.8. The predicted molar refractivity (Wildman–Crippen MR) is 97.2 cm³/mol. The molecule has 2 aromatic rings. The van der Waals surface area contributed by atoms with Crippen molar-refractivity contribution in [3.05, 3.63) is 47.5 Å². The molecule has 3 rings (SSSR count). The lowest BCUT2D eigenvalue weighted by Crippen LogP contribution is -2.30. The summed E-state index contributed by atoms with van der Waals surface area (Å²) in [5, 5.41) is 3.49. The highest BCUT2D eigenvalue weighted by molar-refractivity contribution is 5.46. The average Bonchev–Trinajstić information content (AvgIpc) is 2.96. The Morgan fingerprint density at radius 3 is 2.79 bits per heavy atom. The molecule has 1 aliphatic heterocycles. The predicted octanol–water partition coefficient (Wildman–Crippen LogP) is 2.67. The molecule has 0 saturated carbocycles. The van der Waals surface area contributed by atoms with Gasteiger partial charge in [0.2, 0.25) is 0 Å². The molecule has 0 unspecified atom stereocenters. The number of nitrogens with one attached hydrogen (secondary N) is 1. The fourth-order valence-corrected chi connectivity index (χ4v) is 3.14. The van der Waals surface area contributed by atoms with Crippen molar-refractivity contribution in [3.8, 4) is 0 Å². The minimum Gasteiger partial charge on any atom is -0.465 e. The molecule has 1 fully saturated rings. The average molecular weight is 328 g/mol. The van der Waals surface area contributed by atoms with Crippen molar-refractivity contribution in [2.45, 2.75) is 32.9 Å². The van der Waals surface area contributed by atoms with Gasteiger partial charge in [-0.2, -0.15) is 0 Å². The van der Waals surface area contributed by atoms with Crippen LogP contribution >= 0.6 is 0 Å². The van der Waals surface area contributed by atoms with E-state index >= 15 is 0 Å². The van der Waals surface area contributed by atoms with Crippen molar-refractivity contribution in [2.75, 3.05) is 38.1 Å². The summed E-state index contributed by atoms with van der Waals surface area (Å²) in [6.45, 7) is 8.03. The number of furan rings is 1. The first kappa shape index (κ1) is 17.0. The largest absolute Gasteiger partial charge is 0.465 e. The Hall–Kier alpha value is -1.85. The molecule has 1 N–H and O–H groups in total. The number of hydrogen-bond acceptors (Lipinski definition) is 5. The second kappa shape index (κ2) is 8.31. The van der Waals surface area contributed by atoms with Crippen molar-refractivity contribution >= 4 is 5.82 Å². The fraction of sp³-hybridized carbons (Fsp3) is 0.526. The molecule has 0 bridgehead atoms. The van der Waals surface area contributed by atoms with E-state index in [1.165, 1.54) is 12.0 Å². The van der Waals surface area contributed by atoms with Gasteiger partial charge in [-0.05, 0) is 38.2 Å². The van der Waals surface area contributed by atoms with Gasteiger partial charge in [-0.15, -0.1) is 0 Å². The van der Waals surface area contributed by atoms with Gasteiger partial charge in [0.25, 0.3) is 0 Å². The van der Waals surface area contributed by atoms with Crippen molar-refractivity contribution in [3.63, 3.8) is 0 Å². The number of nitrogens with zero attached hydrogens (tertiary/aromatic N) is 3. The van der Waals surface area contributed by atoms with Crippen LogP contribution in [0.15, 0.2) is 34.9 Å². The van der Waals surface area contributed by atoms with Gasteiger partial charge in [-0.25, -0.2) is 4.98 Å². The molecule has 0 radical (unpaired) electrons. The summed E-state index contributed by atoms with van der Waals surface area (Å²) in [6.07, 6.45) is 4.02. The molecule has 1 saturated heterocycles. The van der Waals surface area contributed by atoms with Crippen LogP contribution in [0.2, 0.25) is 0 Å². The van der Waals surface area contributed by atoms with Gasteiger partial charge in [-0.3, -0.25) is 0 Å². The standard InChI is InChI=1S/C19H28N4O/c1-3-17-7-8-18(24-17)15-20-14-16-6-4-9-21-19(16)23-11-5-10-22(2)12-13-23/h4,6-9,20H,3,5,10-15H2,1-2H3. The summed E-state index contributed by atoms with van der Waals surface area (Å²) < 4.78 is 5.75. The van der Waals surface area contributed by atoms with Crippen molar-refractivity contribution in [1.82, 2.24) is 15.2 Å². The van der Waals surface area contributed by atoms with Gasteiger partial charge >= 0.3 is 0 Å². The Labute approximate surface area is 144 Å². The number of anilines is 1. The van der Waals surface area contributed by atoms with Gasteiger partial charge in [0, 0.05) is 44.4 Å². The quantitative estimate of drug-likeness (QED) is 0.883. The van der Waals surface area contributed by atoms with Crippen LogP contribution in [0.4, 0.5) is 5.82 Å². The lowest BCUT2D eigenvalue weighted by atomic mass is 10.2. The number of aromatic nitrogens is 1. The number of pyridine rings is 1. The number of likely N-dealkylation sites (N-methyl/N-ethyl adjacent to an activating group) is 1. The van der Waals surface area contributed by atoms with Gasteiger partial charge in [0.15, 0.2) is 0 Å². The van der Waals surface area contributed by atoms with Crippen LogP contribution in [-0.2, 0) is 19.5 Å². The van der Waals surface area contributed by atoms with Crippen molar-refractivity contribution in [1.29, 1.82) is 0 Å². The van der Waals surface area contributed by atoms with Crippen LogP contribution in [0.1, 0.15) is 30.4 Å². The van der Waals surface area contributed by atoms with E-state index in [0.29, 0.717) is 0 Å². The second-order valence-electron chi connectivity index (χ2n) is 6.46. The first-order chi connectivity index (χ1) is 11.8. The molecule has 5 nitrogen and oxygen atoms in total. The second-order valence-corrected chi connectivity index (χ2v) is 6.46. The molecule has 0 aliphatic carbocycles. The summed E-state index contributed by atoms with van der Waals surface area (Å²) >= 11 is 0. The smallest absolute Gasteiger partial charge is 0.133 e. The van der Waals surface area contributed by atoms with Crippen molar-refractivity contribution < 1.29 is 4.42 Å². The Kier molecular flexibility index (Phi) is 5.88. The maximum Gasteiger partial charge on any atom is 0.133 e. The normalized spacial score (nSPS) is 16.3. The molecular formula is C19H28N4O. The minimum absolute atomic E-state index is 0.747. The number of rotatable bonds is 6. The zero-order valence-electron chi connectivity index (χ0n) is 14.8. The van der Waals surface area contributed by atoms with Crippen LogP contribution < -0.4 is 10.2 Å². The Balaban J connectivity index is 1.61. The van der Waals surface area contributed by atoms with E-state index in [1.54, 1.807) is 0 Å². The SMILES string of the molecule is CCc1ccc(CNCc2cccnc2N2CCCN(C)CC2)o1. The molecule has 2 aromatic heterocycles. The van der Waals surface area contributed by atoms with Crippen LogP contribution in [0.3, 0.4) is 0 Å². The van der Waals surface area contributed by atoms with Gasteiger partial charge in [-0.1, -0.05) is 13.0 Å². The zero-order valence-corrected chi connectivity index (χ0v) is 14.8. The van der Waals surface area contributed by atoms with E-state index in [4.69, 9.17) is 4.42 Å². The monoisotopic (exact) mass is 328 g/mol. The van der Waals surface area contributed by atoms with Crippen LogP contribution in [0.25, 0.3) is 0 Å². The van der Waals surface area contributed by atoms with Crippen molar-refractivity contribution in [2.24, 2.45) is 0 Å². The van der Waals surface area contributed by atoms with E-state index in [0.717, 1.165) is 63.0 Å². The third kappa shape index (κ3) is 4.36. The van der Waals surface area contributed by atoms with Crippen LogP contribution in [0, 0.1) is 0 Å². The molecule has 1 aliphatic rings. The molecule has 24 heavy (non-hydrogen) atoms. The summed E-state index contributed by atoms with van der Waals surface area (Å²) in [4.78, 5) is 9.47. The molecule has 5 heteroatoms. The van der Waals surface area contributed by atoms with Gasteiger partial charge < -0.3 is 19.5 Å². The highest BCUT2D eigenvalue weighted by Gasteiger charge is 2.16. The molecule has 130 valence electrons. The summed E-state index contributed by atoms with van der Waals surface area (Å²) in [5.74, 6) is 3.16. The van der Waals surface area contributed by atoms with Crippen LogP contribution in [0.5, 0.6) is 0 Å². The summed E-state index contributed by atoms with van der Waals surface area (Å²) in [5.41, 5.74) is 1.25. The highest BCUT2D eigenvalue weighted by atomic mass is 16.3. The van der Waals surface area contributed by atoms with E-state index in [1.807, 2.05) is 12.3 Å². The molecule has 0 atom stereocenters. The summed E-state index contributed by atoms with van der Waals surface area (Å²) in [6, 6.07) is 8.30. The van der Waals surface area contributed by atoms with Crippen LogP contribution in [-0.4, -0.2) is 43.1 Å².